The van der Waals surface area contributed by atoms with Gasteiger partial charge < -0.3 is 10.2 Å². The molecule has 1 atom stereocenters. The minimum atomic E-state index is -5.15. The molecule has 1 amide bonds. The normalized spacial score (nSPS) is 17.9. The van der Waals surface area contributed by atoms with Crippen molar-refractivity contribution < 1.29 is 22.4 Å². The van der Waals surface area contributed by atoms with E-state index in [0.29, 0.717) is 18.7 Å². The molecule has 1 N–H and O–H groups in total. The summed E-state index contributed by atoms with van der Waals surface area (Å²) in [7, 11) is 0. The van der Waals surface area contributed by atoms with Crippen LogP contribution in [0, 0.1) is 0 Å². The first-order chi connectivity index (χ1) is 11.2. The lowest BCUT2D eigenvalue weighted by atomic mass is 10.0. The van der Waals surface area contributed by atoms with Gasteiger partial charge in [-0.2, -0.15) is 13.2 Å². The fourth-order valence-electron chi connectivity index (χ4n) is 2.52. The average molecular weight is 348 g/mol. The second kappa shape index (κ2) is 7.31. The molecule has 1 saturated heterocycles. The van der Waals surface area contributed by atoms with Gasteiger partial charge in [-0.15, -0.1) is 0 Å². The Kier molecular flexibility index (Phi) is 5.61. The number of anilines is 1. The van der Waals surface area contributed by atoms with E-state index in [9.17, 15) is 22.4 Å². The first kappa shape index (κ1) is 18.4. The molecule has 24 heavy (non-hydrogen) atoms. The quantitative estimate of drug-likeness (QED) is 0.850. The highest BCUT2D eigenvalue weighted by Crippen LogP contribution is 2.26. The van der Waals surface area contributed by atoms with Crippen molar-refractivity contribution in [2.24, 2.45) is 0 Å². The highest BCUT2D eigenvalue weighted by Gasteiger charge is 2.47. The molecule has 1 aromatic heterocycles. The molecular weight excluding hydrogens is 328 g/mol. The van der Waals surface area contributed by atoms with E-state index in [-0.39, 0.29) is 25.0 Å². The molecule has 0 aromatic carbocycles. The average Bonchev–Trinajstić information content (AvgIpc) is 2.53. The Bertz CT molecular complexity index is 571. The van der Waals surface area contributed by atoms with E-state index < -0.39 is 18.3 Å². The zero-order valence-corrected chi connectivity index (χ0v) is 13.5. The van der Waals surface area contributed by atoms with E-state index >= 15 is 0 Å². The van der Waals surface area contributed by atoms with Crippen molar-refractivity contribution in [1.82, 2.24) is 14.9 Å². The molecule has 1 aliphatic heterocycles. The number of rotatable bonds is 4. The summed E-state index contributed by atoms with van der Waals surface area (Å²) in [5.41, 5.74) is 0.880. The van der Waals surface area contributed by atoms with Crippen molar-refractivity contribution in [2.75, 3.05) is 18.4 Å². The van der Waals surface area contributed by atoms with Crippen LogP contribution in [0.4, 0.5) is 23.4 Å². The summed E-state index contributed by atoms with van der Waals surface area (Å²) in [5.74, 6) is -0.626. The molecule has 9 heteroatoms. The Morgan fingerprint density at radius 3 is 2.46 bits per heavy atom. The Morgan fingerprint density at radius 1 is 1.29 bits per heavy atom. The van der Waals surface area contributed by atoms with Crippen LogP contribution in [0.25, 0.3) is 0 Å². The number of likely N-dealkylation sites (tertiary alicyclic amines) is 1. The first-order valence-electron chi connectivity index (χ1n) is 7.76. The van der Waals surface area contributed by atoms with Crippen LogP contribution in [0.1, 0.15) is 38.3 Å². The number of nitrogens with one attached hydrogen (secondary N) is 1. The van der Waals surface area contributed by atoms with Crippen LogP contribution in [0.15, 0.2) is 12.4 Å². The van der Waals surface area contributed by atoms with Gasteiger partial charge in [0.25, 0.3) is 12.1 Å². The molecule has 134 valence electrons. The van der Waals surface area contributed by atoms with Crippen LogP contribution in [-0.4, -0.2) is 52.3 Å². The van der Waals surface area contributed by atoms with Gasteiger partial charge in [0, 0.05) is 30.9 Å². The highest BCUT2D eigenvalue weighted by molar-refractivity contribution is 5.81. The molecule has 1 fully saturated rings. The van der Waals surface area contributed by atoms with Gasteiger partial charge in [0.05, 0.1) is 0 Å². The molecule has 1 aliphatic rings. The third kappa shape index (κ3) is 4.55. The number of piperidine rings is 1. The zero-order valence-electron chi connectivity index (χ0n) is 13.5. The van der Waals surface area contributed by atoms with Crippen molar-refractivity contribution >= 4 is 11.7 Å². The van der Waals surface area contributed by atoms with Gasteiger partial charge in [-0.3, -0.25) is 4.79 Å². The summed E-state index contributed by atoms with van der Waals surface area (Å²) >= 11 is 0. The summed E-state index contributed by atoms with van der Waals surface area (Å²) in [6.07, 6.45) is -6.29. The molecule has 1 aromatic rings. The third-order valence-corrected chi connectivity index (χ3v) is 3.94. The third-order valence-electron chi connectivity index (χ3n) is 3.94. The molecule has 1 unspecified atom stereocenters. The van der Waals surface area contributed by atoms with Gasteiger partial charge in [-0.1, -0.05) is 13.8 Å². The lowest BCUT2D eigenvalue weighted by Gasteiger charge is -2.33. The lowest BCUT2D eigenvalue weighted by Crippen LogP contribution is -2.49. The van der Waals surface area contributed by atoms with Crippen molar-refractivity contribution in [3.05, 3.63) is 18.1 Å². The predicted molar refractivity (Wildman–Crippen MR) is 80.3 cm³/mol. The largest absolute Gasteiger partial charge is 0.428 e. The van der Waals surface area contributed by atoms with E-state index in [4.69, 9.17) is 0 Å². The van der Waals surface area contributed by atoms with Crippen molar-refractivity contribution in [3.8, 4) is 0 Å². The van der Waals surface area contributed by atoms with Crippen LogP contribution in [0.5, 0.6) is 0 Å². The van der Waals surface area contributed by atoms with Gasteiger partial charge in [-0.05, 0) is 18.8 Å². The van der Waals surface area contributed by atoms with Gasteiger partial charge in [0.15, 0.2) is 0 Å². The van der Waals surface area contributed by atoms with Crippen LogP contribution in [0.2, 0.25) is 0 Å². The Hall–Kier alpha value is -1.93. The van der Waals surface area contributed by atoms with E-state index in [2.05, 4.69) is 15.3 Å². The van der Waals surface area contributed by atoms with Crippen molar-refractivity contribution in [2.45, 2.75) is 51.0 Å². The number of alkyl halides is 4. The zero-order chi connectivity index (χ0) is 17.9. The number of halogens is 4. The molecule has 0 bridgehead atoms. The van der Waals surface area contributed by atoms with E-state index in [1.165, 1.54) is 6.33 Å². The topological polar surface area (TPSA) is 58.1 Å². The van der Waals surface area contributed by atoms with Crippen LogP contribution < -0.4 is 5.32 Å². The highest BCUT2D eigenvalue weighted by atomic mass is 19.4. The summed E-state index contributed by atoms with van der Waals surface area (Å²) in [6, 6.07) is 1.79. The predicted octanol–water partition coefficient (Wildman–Crippen LogP) is 2.90. The number of amides is 1. The Labute approximate surface area is 137 Å². The fourth-order valence-corrected chi connectivity index (χ4v) is 2.52. The minimum absolute atomic E-state index is 0.0343. The maximum atomic E-state index is 13.1. The molecule has 0 spiro atoms. The lowest BCUT2D eigenvalue weighted by molar-refractivity contribution is -0.193. The first-order valence-corrected chi connectivity index (χ1v) is 7.76. The maximum absolute atomic E-state index is 13.1. The molecule has 5 nitrogen and oxygen atoms in total. The molecule has 0 radical (unpaired) electrons. The molecule has 2 heterocycles. The summed E-state index contributed by atoms with van der Waals surface area (Å²) < 4.78 is 49.9. The van der Waals surface area contributed by atoms with Crippen LogP contribution in [0.3, 0.4) is 0 Å². The van der Waals surface area contributed by atoms with Crippen LogP contribution in [-0.2, 0) is 4.79 Å². The summed E-state index contributed by atoms with van der Waals surface area (Å²) in [5, 5.41) is 3.19. The standard InChI is InChI=1S/C15H20F4N4O/c1-9(2)11-7-12(21-8-20-11)22-10-3-5-23(6-4-10)14(24)13(16)15(17,18)19/h7-10,13H,3-6H2,1-2H3,(H,20,21,22). The number of nitrogens with zero attached hydrogens (tertiary/aromatic N) is 3. The molecule has 0 saturated carbocycles. The Morgan fingerprint density at radius 2 is 1.92 bits per heavy atom. The number of hydrogen-bond donors (Lipinski definition) is 1. The smallest absolute Gasteiger partial charge is 0.367 e. The number of carbonyl (C=O) groups is 1. The number of aromatic nitrogens is 2. The van der Waals surface area contributed by atoms with Crippen molar-refractivity contribution in [3.63, 3.8) is 0 Å². The van der Waals surface area contributed by atoms with Gasteiger partial charge >= 0.3 is 6.18 Å². The van der Waals surface area contributed by atoms with E-state index in [0.717, 1.165) is 10.6 Å². The summed E-state index contributed by atoms with van der Waals surface area (Å²) in [4.78, 5) is 20.7. The SMILES string of the molecule is CC(C)c1cc(NC2CCN(C(=O)C(F)C(F)(F)F)CC2)ncn1. The maximum Gasteiger partial charge on any atom is 0.428 e. The molecular formula is C15H20F4N4O. The molecule has 0 aliphatic carbocycles. The number of carbonyl (C=O) groups excluding carboxylic acids is 1. The minimum Gasteiger partial charge on any atom is -0.367 e. The van der Waals surface area contributed by atoms with E-state index in [1.807, 2.05) is 19.9 Å². The molecule has 2 rings (SSSR count). The summed E-state index contributed by atoms with van der Waals surface area (Å²) in [6.45, 7) is 4.17. The van der Waals surface area contributed by atoms with Crippen molar-refractivity contribution in [1.29, 1.82) is 0 Å². The Balaban J connectivity index is 1.89. The van der Waals surface area contributed by atoms with Gasteiger partial charge in [0.1, 0.15) is 12.1 Å². The van der Waals surface area contributed by atoms with E-state index in [1.54, 1.807) is 0 Å². The number of hydrogen-bond acceptors (Lipinski definition) is 4. The fraction of sp³-hybridized carbons (Fsp3) is 0.667. The van der Waals surface area contributed by atoms with Gasteiger partial charge in [0.2, 0.25) is 0 Å². The van der Waals surface area contributed by atoms with Gasteiger partial charge in [-0.25, -0.2) is 14.4 Å². The monoisotopic (exact) mass is 348 g/mol. The van der Waals surface area contributed by atoms with Crippen LogP contribution >= 0.6 is 0 Å². The second-order valence-corrected chi connectivity index (χ2v) is 6.13. The second-order valence-electron chi connectivity index (χ2n) is 6.13.